The monoisotopic (exact) mass is 127 g/mol. The minimum atomic E-state index is 0.588. The first-order valence-corrected chi connectivity index (χ1v) is 3.80. The first-order chi connectivity index (χ1) is 4.45. The van der Waals surface area contributed by atoms with Crippen LogP contribution in [0.2, 0.25) is 0 Å². The highest BCUT2D eigenvalue weighted by Crippen LogP contribution is 2.19. The molecule has 0 aromatic rings. The van der Waals surface area contributed by atoms with Gasteiger partial charge in [-0.15, -0.1) is 0 Å². The van der Waals surface area contributed by atoms with Crippen LogP contribution in [0.1, 0.15) is 19.3 Å². The Morgan fingerprint density at radius 1 is 1.33 bits per heavy atom. The third kappa shape index (κ3) is 1.10. The molecule has 2 heteroatoms. The van der Waals surface area contributed by atoms with E-state index in [1.807, 2.05) is 0 Å². The highest BCUT2D eigenvalue weighted by atomic mass is 16.5. The van der Waals surface area contributed by atoms with Crippen molar-refractivity contribution in [1.29, 1.82) is 0 Å². The maximum atomic E-state index is 5.51. The van der Waals surface area contributed by atoms with E-state index in [0.29, 0.717) is 6.10 Å². The van der Waals surface area contributed by atoms with Crippen LogP contribution in [0, 0.1) is 0 Å². The molecule has 2 aliphatic rings. The Hall–Kier alpha value is -0.0800. The van der Waals surface area contributed by atoms with Gasteiger partial charge in [-0.3, -0.25) is 0 Å². The summed E-state index contributed by atoms with van der Waals surface area (Å²) in [4.78, 5) is 0. The van der Waals surface area contributed by atoms with Gasteiger partial charge in [0.25, 0.3) is 0 Å². The zero-order chi connectivity index (χ0) is 6.10. The Bertz CT molecular complexity index is 85.1. The van der Waals surface area contributed by atoms with Crippen LogP contribution in [-0.4, -0.2) is 25.3 Å². The topological polar surface area (TPSA) is 21.3 Å². The molecule has 52 valence electrons. The predicted molar refractivity (Wildman–Crippen MR) is 35.4 cm³/mol. The maximum absolute atomic E-state index is 5.51. The summed E-state index contributed by atoms with van der Waals surface area (Å²) >= 11 is 0. The number of nitrogens with one attached hydrogen (secondary N) is 1. The van der Waals surface area contributed by atoms with Crippen LogP contribution >= 0.6 is 0 Å². The minimum absolute atomic E-state index is 0.588. The third-order valence-electron chi connectivity index (χ3n) is 2.27. The second-order valence-corrected chi connectivity index (χ2v) is 2.96. The zero-order valence-corrected chi connectivity index (χ0v) is 5.60. The van der Waals surface area contributed by atoms with Gasteiger partial charge in [0.2, 0.25) is 0 Å². The normalized spacial score (nSPS) is 42.7. The molecule has 2 heterocycles. The van der Waals surface area contributed by atoms with Crippen LogP contribution in [0.3, 0.4) is 0 Å². The highest BCUT2D eigenvalue weighted by molar-refractivity contribution is 4.81. The van der Waals surface area contributed by atoms with Crippen molar-refractivity contribution in [2.24, 2.45) is 0 Å². The highest BCUT2D eigenvalue weighted by Gasteiger charge is 2.25. The molecule has 9 heavy (non-hydrogen) atoms. The minimum Gasteiger partial charge on any atom is -0.378 e. The van der Waals surface area contributed by atoms with E-state index in [2.05, 4.69) is 5.32 Å². The molecule has 0 aliphatic carbocycles. The zero-order valence-electron chi connectivity index (χ0n) is 5.60. The Labute approximate surface area is 55.6 Å². The number of hydrogen-bond acceptors (Lipinski definition) is 2. The second kappa shape index (κ2) is 2.27. The molecule has 0 saturated carbocycles. The lowest BCUT2D eigenvalue weighted by Crippen LogP contribution is -2.45. The molecular formula is C7H13NO. The van der Waals surface area contributed by atoms with Crippen molar-refractivity contribution in [1.82, 2.24) is 5.32 Å². The number of rotatable bonds is 0. The molecule has 2 nitrogen and oxygen atoms in total. The van der Waals surface area contributed by atoms with Gasteiger partial charge < -0.3 is 10.1 Å². The van der Waals surface area contributed by atoms with Crippen molar-refractivity contribution in [3.8, 4) is 0 Å². The molecule has 2 saturated heterocycles. The molecule has 2 aliphatic heterocycles. The molecule has 1 N–H and O–H groups in total. The van der Waals surface area contributed by atoms with Gasteiger partial charge in [0.05, 0.1) is 6.10 Å². The summed E-state index contributed by atoms with van der Waals surface area (Å²) in [6.07, 6.45) is 4.28. The standard InChI is InChI=1S/C7H13NO/c1-3-8-6-2-4-9-7(1)5-6/h6-8H,1-5H2. The summed E-state index contributed by atoms with van der Waals surface area (Å²) < 4.78 is 5.51. The van der Waals surface area contributed by atoms with E-state index < -0.39 is 0 Å². The van der Waals surface area contributed by atoms with Crippen LogP contribution in [-0.2, 0) is 4.74 Å². The average molecular weight is 127 g/mol. The lowest BCUT2D eigenvalue weighted by atomic mass is 9.97. The van der Waals surface area contributed by atoms with E-state index in [1.54, 1.807) is 0 Å². The lowest BCUT2D eigenvalue weighted by Gasteiger charge is -2.35. The quantitative estimate of drug-likeness (QED) is 0.512. The molecule has 0 spiro atoms. The van der Waals surface area contributed by atoms with Gasteiger partial charge in [-0.1, -0.05) is 0 Å². The Morgan fingerprint density at radius 3 is 3.11 bits per heavy atom. The first-order valence-electron chi connectivity index (χ1n) is 3.80. The number of ether oxygens (including phenoxy) is 1. The summed E-state index contributed by atoms with van der Waals surface area (Å²) in [7, 11) is 0. The van der Waals surface area contributed by atoms with Crippen LogP contribution in [0.4, 0.5) is 0 Å². The summed E-state index contributed by atoms with van der Waals surface area (Å²) in [6.45, 7) is 2.14. The van der Waals surface area contributed by atoms with E-state index in [1.165, 1.54) is 19.3 Å². The van der Waals surface area contributed by atoms with Crippen LogP contribution in [0.5, 0.6) is 0 Å². The van der Waals surface area contributed by atoms with E-state index in [9.17, 15) is 0 Å². The van der Waals surface area contributed by atoms with Gasteiger partial charge in [0, 0.05) is 12.6 Å². The van der Waals surface area contributed by atoms with Crippen molar-refractivity contribution in [2.75, 3.05) is 13.2 Å². The Morgan fingerprint density at radius 2 is 2.33 bits per heavy atom. The molecule has 0 amide bonds. The summed E-state index contributed by atoms with van der Waals surface area (Å²) in [6, 6.07) is 0.775. The number of piperidine rings is 1. The molecule has 0 radical (unpaired) electrons. The fraction of sp³-hybridized carbons (Fsp3) is 1.00. The van der Waals surface area contributed by atoms with Gasteiger partial charge in [-0.25, -0.2) is 0 Å². The van der Waals surface area contributed by atoms with E-state index >= 15 is 0 Å². The van der Waals surface area contributed by atoms with Crippen LogP contribution < -0.4 is 5.32 Å². The predicted octanol–water partition coefficient (Wildman–Crippen LogP) is 0.527. The molecule has 2 atom stereocenters. The third-order valence-corrected chi connectivity index (χ3v) is 2.27. The van der Waals surface area contributed by atoms with Gasteiger partial charge in [0.1, 0.15) is 0 Å². The van der Waals surface area contributed by atoms with E-state index in [-0.39, 0.29) is 0 Å². The summed E-state index contributed by atoms with van der Waals surface area (Å²) in [5.74, 6) is 0. The Balaban J connectivity index is 1.96. The summed E-state index contributed by atoms with van der Waals surface area (Å²) in [5, 5.41) is 3.47. The van der Waals surface area contributed by atoms with Gasteiger partial charge in [0.15, 0.2) is 0 Å². The van der Waals surface area contributed by atoms with Crippen molar-refractivity contribution in [3.63, 3.8) is 0 Å². The maximum Gasteiger partial charge on any atom is 0.0602 e. The number of fused-ring (bicyclic) bond motifs is 2. The van der Waals surface area contributed by atoms with E-state index in [4.69, 9.17) is 4.74 Å². The van der Waals surface area contributed by atoms with Crippen LogP contribution in [0.15, 0.2) is 0 Å². The van der Waals surface area contributed by atoms with E-state index in [0.717, 1.165) is 19.2 Å². The molecule has 2 unspecified atom stereocenters. The lowest BCUT2D eigenvalue weighted by molar-refractivity contribution is -0.0195. The fourth-order valence-electron chi connectivity index (χ4n) is 1.72. The van der Waals surface area contributed by atoms with Crippen molar-refractivity contribution < 1.29 is 4.74 Å². The van der Waals surface area contributed by atoms with Crippen molar-refractivity contribution in [3.05, 3.63) is 0 Å². The molecule has 2 fully saturated rings. The van der Waals surface area contributed by atoms with Gasteiger partial charge in [-0.05, 0) is 25.8 Å². The number of hydrogen-bond donors (Lipinski definition) is 1. The smallest absolute Gasteiger partial charge is 0.0602 e. The largest absolute Gasteiger partial charge is 0.378 e. The van der Waals surface area contributed by atoms with Crippen molar-refractivity contribution in [2.45, 2.75) is 31.4 Å². The first kappa shape index (κ1) is 5.69. The average Bonchev–Trinajstić information content (AvgIpc) is 1.88. The van der Waals surface area contributed by atoms with Crippen molar-refractivity contribution >= 4 is 0 Å². The SMILES string of the molecule is C1CC2CC(CCO2)N1. The molecular weight excluding hydrogens is 114 g/mol. The second-order valence-electron chi connectivity index (χ2n) is 2.96. The Kier molecular flexibility index (Phi) is 1.44. The molecule has 0 aromatic heterocycles. The molecule has 2 bridgehead atoms. The summed E-state index contributed by atoms with van der Waals surface area (Å²) in [5.41, 5.74) is 0. The van der Waals surface area contributed by atoms with Crippen LogP contribution in [0.25, 0.3) is 0 Å². The van der Waals surface area contributed by atoms with Gasteiger partial charge >= 0.3 is 0 Å². The molecule has 2 rings (SSSR count). The van der Waals surface area contributed by atoms with Gasteiger partial charge in [-0.2, -0.15) is 0 Å². The fourth-order valence-corrected chi connectivity index (χ4v) is 1.72. The molecule has 0 aromatic carbocycles.